The second kappa shape index (κ2) is 47.5. The number of likely N-dealkylation sites (N-methyl/N-ethyl adjacent to an activating group) is 1. The molecule has 0 aliphatic carbocycles. The van der Waals surface area contributed by atoms with Crippen LogP contribution in [-0.2, 0) is 6.42 Å². The van der Waals surface area contributed by atoms with Crippen molar-refractivity contribution in [2.24, 2.45) is 0 Å². The van der Waals surface area contributed by atoms with Gasteiger partial charge in [0.05, 0.1) is 98.2 Å². The number of anilines is 7. The van der Waals surface area contributed by atoms with E-state index in [1.165, 1.54) is 30.1 Å². The summed E-state index contributed by atoms with van der Waals surface area (Å²) < 4.78 is 0. The summed E-state index contributed by atoms with van der Waals surface area (Å²) in [6.07, 6.45) is 13.8. The lowest BCUT2D eigenvalue weighted by atomic mass is 10.1. The van der Waals surface area contributed by atoms with Gasteiger partial charge < -0.3 is 47.2 Å². The molecule has 15 aromatic rings. The van der Waals surface area contributed by atoms with Gasteiger partial charge in [-0.3, -0.25) is 48.9 Å². The van der Waals surface area contributed by atoms with Crippen LogP contribution in [0.3, 0.4) is 0 Å². The molecule has 642 valence electrons. The Kier molecular flexibility index (Phi) is 35.4. The van der Waals surface area contributed by atoms with Gasteiger partial charge in [0.25, 0.3) is 29.5 Å². The molecule has 127 heavy (non-hydrogen) atoms. The van der Waals surface area contributed by atoms with E-state index in [1.54, 1.807) is 147 Å². The molecule has 23 nitrogen and oxygen atoms in total. The van der Waals surface area contributed by atoms with Crippen LogP contribution < -0.4 is 37.2 Å². The molecule has 0 saturated heterocycles. The zero-order valence-electron chi connectivity index (χ0n) is 68.1. The summed E-state index contributed by atoms with van der Waals surface area (Å²) >= 11 is 54.9. The molecular weight excluding hydrogens is 1790 g/mol. The van der Waals surface area contributed by atoms with E-state index >= 15 is 0 Å². The SMILES string of the molecule is CCc1ccc(C(=O)Nc2ccc(Cl)c(-c3ccccn3)c2)cc1.CN(C)CCNc1ccc(C(=O)Nc2ccc(Cl)c(-c3ccccn3)c2)cn1.Cc1nc(Cl)ccc1C(=O)Nc1ccc(Cl)c(-c2ccccn2)c1.O=C(Nc1ccc(Cl)c(-c2ccccn2)c1)c1cnc(Cl)c(Cl)c1.O=C(Nc1ccc(Cl)c(-c2ccccn2)c1)c1cnc(NCCO)c(Cl)c1. The Morgan fingerprint density at radius 1 is 0.346 bits per heavy atom. The van der Waals surface area contributed by atoms with Crippen molar-refractivity contribution in [1.29, 1.82) is 0 Å². The van der Waals surface area contributed by atoms with E-state index in [4.69, 9.17) is 110 Å². The minimum absolute atomic E-state index is 0.0462. The topological polar surface area (TPSA) is 309 Å². The van der Waals surface area contributed by atoms with Gasteiger partial charge in [-0.05, 0) is 233 Å². The van der Waals surface area contributed by atoms with Crippen molar-refractivity contribution in [1.82, 2.24) is 49.8 Å². The summed E-state index contributed by atoms with van der Waals surface area (Å²) in [5.41, 5.74) is 14.5. The third-order valence-electron chi connectivity index (χ3n) is 18.2. The van der Waals surface area contributed by atoms with Crippen LogP contribution in [0.1, 0.15) is 70.0 Å². The molecule has 0 aliphatic rings. The molecule has 6 aromatic carbocycles. The summed E-state index contributed by atoms with van der Waals surface area (Å²) in [7, 11) is 4.02. The largest absolute Gasteiger partial charge is 0.395 e. The third kappa shape index (κ3) is 28.1. The van der Waals surface area contributed by atoms with Crippen LogP contribution in [0.25, 0.3) is 56.3 Å². The summed E-state index contributed by atoms with van der Waals surface area (Å²) in [4.78, 5) is 102. The van der Waals surface area contributed by atoms with E-state index in [0.29, 0.717) is 115 Å². The average Bonchev–Trinajstić information content (AvgIpc) is 0.834. The van der Waals surface area contributed by atoms with Crippen LogP contribution in [0.5, 0.6) is 0 Å². The molecule has 0 saturated carbocycles. The molecule has 0 spiro atoms. The van der Waals surface area contributed by atoms with E-state index in [9.17, 15) is 24.0 Å². The molecule has 0 bridgehead atoms. The third-order valence-corrected chi connectivity index (χ3v) is 21.0. The summed E-state index contributed by atoms with van der Waals surface area (Å²) in [6, 6.07) is 71.5. The van der Waals surface area contributed by atoms with Crippen LogP contribution in [0.15, 0.2) is 292 Å². The maximum absolute atomic E-state index is 12.5. The van der Waals surface area contributed by atoms with Crippen LogP contribution in [0.4, 0.5) is 40.1 Å². The molecule has 0 fully saturated rings. The number of hydrogen-bond acceptors (Lipinski definition) is 18. The lowest BCUT2D eigenvalue weighted by Gasteiger charge is -2.11. The number of benzene rings is 6. The molecule has 5 amide bonds. The number of hydrogen-bond donors (Lipinski definition) is 8. The molecule has 9 heterocycles. The highest BCUT2D eigenvalue weighted by molar-refractivity contribution is 6.41. The number of amides is 5. The first-order valence-corrected chi connectivity index (χ1v) is 42.3. The minimum atomic E-state index is -0.354. The van der Waals surface area contributed by atoms with Gasteiger partial charge in [-0.25, -0.2) is 19.9 Å². The maximum Gasteiger partial charge on any atom is 0.257 e. The highest BCUT2D eigenvalue weighted by atomic mass is 35.5. The highest BCUT2D eigenvalue weighted by Gasteiger charge is 2.19. The Morgan fingerprint density at radius 3 is 1.05 bits per heavy atom. The van der Waals surface area contributed by atoms with Crippen LogP contribution in [0.2, 0.25) is 45.5 Å². The quantitative estimate of drug-likeness (QED) is 0.0276. The summed E-state index contributed by atoms with van der Waals surface area (Å²) in [6.45, 7) is 5.78. The monoisotopic (exact) mass is 1870 g/mol. The Labute approximate surface area is 777 Å². The number of carbonyl (C=O) groups excluding carboxylic acids is 5. The number of halogens is 9. The van der Waals surface area contributed by atoms with Gasteiger partial charge in [0.15, 0.2) is 0 Å². The molecule has 9 aromatic heterocycles. The molecule has 15 rings (SSSR count). The van der Waals surface area contributed by atoms with E-state index in [0.717, 1.165) is 75.9 Å². The fourth-order valence-electron chi connectivity index (χ4n) is 11.7. The highest BCUT2D eigenvalue weighted by Crippen LogP contribution is 2.36. The van der Waals surface area contributed by atoms with Crippen LogP contribution in [-0.4, -0.2) is 125 Å². The predicted octanol–water partition coefficient (Wildman–Crippen LogP) is 23.7. The number of aliphatic hydroxyl groups is 1. The van der Waals surface area contributed by atoms with Crippen molar-refractivity contribution in [2.45, 2.75) is 20.3 Å². The number of aryl methyl sites for hydroxylation is 2. The van der Waals surface area contributed by atoms with Gasteiger partial charge in [0, 0.05) is 131 Å². The molecular formula is C95H78Cl9N17O6. The molecule has 0 aliphatic heterocycles. The number of pyridine rings is 9. The summed E-state index contributed by atoms with van der Waals surface area (Å²) in [5, 5.41) is 33.0. The zero-order chi connectivity index (χ0) is 90.3. The number of aromatic nitrogens is 9. The van der Waals surface area contributed by atoms with Gasteiger partial charge in [-0.2, -0.15) is 0 Å². The van der Waals surface area contributed by atoms with Crippen molar-refractivity contribution in [3.05, 3.63) is 377 Å². The first-order chi connectivity index (χ1) is 61.4. The first-order valence-electron chi connectivity index (χ1n) is 38.9. The van der Waals surface area contributed by atoms with E-state index in [1.807, 2.05) is 141 Å². The van der Waals surface area contributed by atoms with Crippen molar-refractivity contribution in [2.75, 3.05) is 77.6 Å². The number of nitrogens with one attached hydrogen (secondary N) is 7. The van der Waals surface area contributed by atoms with Crippen molar-refractivity contribution in [3.8, 4) is 56.3 Å². The maximum atomic E-state index is 12.5. The fourth-order valence-corrected chi connectivity index (χ4v) is 13.5. The molecule has 0 unspecified atom stereocenters. The minimum Gasteiger partial charge on any atom is -0.395 e. The van der Waals surface area contributed by atoms with Gasteiger partial charge >= 0.3 is 0 Å². The Bertz CT molecular complexity index is 6290. The molecule has 0 atom stereocenters. The molecule has 32 heteroatoms. The normalized spacial score (nSPS) is 10.5. The van der Waals surface area contributed by atoms with Crippen molar-refractivity contribution < 1.29 is 29.1 Å². The van der Waals surface area contributed by atoms with Gasteiger partial charge in [0.2, 0.25) is 0 Å². The number of rotatable bonds is 23. The smallest absolute Gasteiger partial charge is 0.257 e. The summed E-state index contributed by atoms with van der Waals surface area (Å²) in [5.74, 6) is -0.198. The van der Waals surface area contributed by atoms with Crippen LogP contribution >= 0.6 is 104 Å². The molecule has 8 N–H and O–H groups in total. The zero-order valence-corrected chi connectivity index (χ0v) is 74.9. The molecule has 0 radical (unpaired) electrons. The van der Waals surface area contributed by atoms with Gasteiger partial charge in [-0.15, -0.1) is 0 Å². The predicted molar refractivity (Wildman–Crippen MR) is 513 cm³/mol. The number of aliphatic hydroxyl groups excluding tert-OH is 1. The van der Waals surface area contributed by atoms with E-state index < -0.39 is 0 Å². The lowest BCUT2D eigenvalue weighted by molar-refractivity contribution is 0.101. The van der Waals surface area contributed by atoms with Crippen LogP contribution in [0, 0.1) is 6.92 Å². The van der Waals surface area contributed by atoms with E-state index in [2.05, 4.69) is 93.9 Å². The van der Waals surface area contributed by atoms with Crippen molar-refractivity contribution in [3.63, 3.8) is 0 Å². The fraction of sp³-hybridized carbons (Fsp3) is 0.0947. The van der Waals surface area contributed by atoms with E-state index in [-0.39, 0.29) is 46.3 Å². The van der Waals surface area contributed by atoms with Gasteiger partial charge in [-0.1, -0.05) is 154 Å². The Hall–Kier alpha value is -12.9. The Balaban J connectivity index is 0.000000154. The van der Waals surface area contributed by atoms with Crippen molar-refractivity contribution >= 4 is 174 Å². The lowest BCUT2D eigenvalue weighted by Crippen LogP contribution is -2.21. The number of nitrogens with zero attached hydrogens (tertiary/aromatic N) is 10. The second-order valence-electron chi connectivity index (χ2n) is 27.5. The number of carbonyl (C=O) groups is 5. The second-order valence-corrected chi connectivity index (χ2v) is 31.1. The standard InChI is InChI=1S/C21H22ClN5O.C20H17ClN2O.C19H16Cl2N4O2.C18H13Cl2N3O.C17H10Cl3N3O/c1-27(2)12-11-24-20-9-6-15(14-25-20)21(28)26-16-7-8-18(22)17(13-16)19-5-3-4-10-23-19;1-2-14-6-8-15(9-7-14)20(24)23-16-10-11-18(21)17(13-16)19-5-3-4-12-22-19;20-15-5-4-13(10-14(15)17-3-1-2-6-22-17)25-19(27)12-9-16(21)18(24-11-12)23-7-8-26;1-11-13(6-8-17(20)22-11)18(24)23-12-5-7-15(19)14(10-12)16-4-2-3-9-21-16;18-13-5-4-11(8-12(13)15-3-1-2-6-21-15)23-17(24)10-7-14(19)16(20)22-9-10/h3-10,13-14H,11-12H2,1-2H3,(H,24,25)(H,26,28);3-13H,2H2,1H3,(H,23,24);1-6,9-11,26H,7-8H2,(H,23,24)(H,25,27);2-10H,1H3,(H,23,24);1-9H,(H,23,24). The first kappa shape index (κ1) is 94.8. The van der Waals surface area contributed by atoms with Gasteiger partial charge in [0.1, 0.15) is 21.9 Å². The average molecular weight is 1870 g/mol. The Morgan fingerprint density at radius 2 is 0.709 bits per heavy atom.